The number of nitrogens with zero attached hydrogens (tertiary/aromatic N) is 2. The van der Waals surface area contributed by atoms with Gasteiger partial charge in [0.2, 0.25) is 0 Å². The largest absolute Gasteiger partial charge is 0.334 e. The van der Waals surface area contributed by atoms with Crippen molar-refractivity contribution in [1.29, 1.82) is 0 Å². The van der Waals surface area contributed by atoms with Crippen LogP contribution < -0.4 is 0 Å². The molecule has 0 radical (unpaired) electrons. The molecule has 2 aliphatic heterocycles. The van der Waals surface area contributed by atoms with E-state index in [9.17, 15) is 9.18 Å². The highest BCUT2D eigenvalue weighted by molar-refractivity contribution is 5.94. The van der Waals surface area contributed by atoms with E-state index in [1.807, 2.05) is 4.90 Å². The molecule has 0 unspecified atom stereocenters. The summed E-state index contributed by atoms with van der Waals surface area (Å²) in [4.78, 5) is 16.6. The predicted molar refractivity (Wildman–Crippen MR) is 66.8 cm³/mol. The van der Waals surface area contributed by atoms with Gasteiger partial charge in [0.15, 0.2) is 0 Å². The fourth-order valence-electron chi connectivity index (χ4n) is 3.21. The Kier molecular flexibility index (Phi) is 2.82. The number of rotatable bonds is 1. The number of halogens is 1. The van der Waals surface area contributed by atoms with Gasteiger partial charge in [-0.15, -0.1) is 0 Å². The first kappa shape index (κ1) is 11.7. The molecule has 2 aliphatic rings. The summed E-state index contributed by atoms with van der Waals surface area (Å²) in [5, 5.41) is 0. The minimum Gasteiger partial charge on any atom is -0.334 e. The second-order valence-corrected chi connectivity index (χ2v) is 5.35. The third-order valence-corrected chi connectivity index (χ3v) is 4.06. The third kappa shape index (κ3) is 1.90. The Morgan fingerprint density at radius 2 is 2.22 bits per heavy atom. The van der Waals surface area contributed by atoms with Crippen molar-refractivity contribution in [1.82, 2.24) is 9.80 Å². The zero-order valence-corrected chi connectivity index (χ0v) is 10.5. The van der Waals surface area contributed by atoms with Crippen LogP contribution in [0.1, 0.15) is 16.8 Å². The molecule has 96 valence electrons. The molecule has 0 bridgehead atoms. The number of fused-ring (bicyclic) bond motifs is 1. The maximum atomic E-state index is 13.2. The fraction of sp³-hybridized carbons (Fsp3) is 0.500. The smallest absolute Gasteiger partial charge is 0.254 e. The summed E-state index contributed by atoms with van der Waals surface area (Å²) >= 11 is 0. The van der Waals surface area contributed by atoms with Crippen LogP contribution in [0.25, 0.3) is 0 Å². The lowest BCUT2D eigenvalue weighted by molar-refractivity contribution is 0.0729. The quantitative estimate of drug-likeness (QED) is 0.753. The van der Waals surface area contributed by atoms with Crippen molar-refractivity contribution in [3.05, 3.63) is 35.6 Å². The lowest BCUT2D eigenvalue weighted by Gasteiger charge is -2.24. The topological polar surface area (TPSA) is 23.6 Å². The number of benzene rings is 1. The fourth-order valence-corrected chi connectivity index (χ4v) is 3.21. The molecule has 0 saturated carbocycles. The lowest BCUT2D eigenvalue weighted by atomic mass is 10.0. The Morgan fingerprint density at radius 3 is 3.00 bits per heavy atom. The van der Waals surface area contributed by atoms with Crippen molar-refractivity contribution in [2.45, 2.75) is 12.5 Å². The molecule has 0 aromatic heterocycles. The molecular weight excluding hydrogens is 231 g/mol. The van der Waals surface area contributed by atoms with E-state index < -0.39 is 0 Å². The molecule has 2 fully saturated rings. The summed E-state index contributed by atoms with van der Waals surface area (Å²) in [6, 6.07) is 6.29. The molecule has 4 heteroatoms. The minimum atomic E-state index is -0.347. The SMILES string of the molecule is CN1C[C@@H]2CCN(C(=O)c3cccc(F)c3)[C@@H]2C1. The normalized spacial score (nSPS) is 27.6. The summed E-state index contributed by atoms with van der Waals surface area (Å²) < 4.78 is 13.2. The molecule has 1 aromatic rings. The van der Waals surface area contributed by atoms with Gasteiger partial charge in [0.05, 0.1) is 0 Å². The summed E-state index contributed by atoms with van der Waals surface area (Å²) in [6.07, 6.45) is 1.07. The minimum absolute atomic E-state index is 0.0303. The molecule has 3 nitrogen and oxygen atoms in total. The molecule has 0 N–H and O–H groups in total. The van der Waals surface area contributed by atoms with Crippen molar-refractivity contribution >= 4 is 5.91 Å². The number of amides is 1. The van der Waals surface area contributed by atoms with Crippen LogP contribution in [0, 0.1) is 11.7 Å². The molecule has 18 heavy (non-hydrogen) atoms. The van der Waals surface area contributed by atoms with E-state index in [1.165, 1.54) is 12.1 Å². The van der Waals surface area contributed by atoms with E-state index in [0.717, 1.165) is 26.1 Å². The number of carbonyl (C=O) groups excluding carboxylic acids is 1. The highest BCUT2D eigenvalue weighted by Crippen LogP contribution is 2.31. The summed E-state index contributed by atoms with van der Waals surface area (Å²) in [7, 11) is 2.09. The predicted octanol–water partition coefficient (Wildman–Crippen LogP) is 1.60. The van der Waals surface area contributed by atoms with Crippen molar-refractivity contribution in [2.75, 3.05) is 26.7 Å². The molecular formula is C14H17FN2O. The van der Waals surface area contributed by atoms with Crippen molar-refractivity contribution in [3.63, 3.8) is 0 Å². The number of likely N-dealkylation sites (N-methyl/N-ethyl adjacent to an activating group) is 1. The maximum Gasteiger partial charge on any atom is 0.254 e. The molecule has 0 aliphatic carbocycles. The van der Waals surface area contributed by atoms with E-state index in [-0.39, 0.29) is 11.7 Å². The van der Waals surface area contributed by atoms with E-state index >= 15 is 0 Å². The molecule has 2 atom stereocenters. The van der Waals surface area contributed by atoms with Gasteiger partial charge in [0.25, 0.3) is 5.91 Å². The first-order chi connectivity index (χ1) is 8.65. The summed E-state index contributed by atoms with van der Waals surface area (Å²) in [5.74, 6) is 0.213. The van der Waals surface area contributed by atoms with Crippen LogP contribution in [-0.2, 0) is 0 Å². The molecule has 1 aromatic carbocycles. The number of carbonyl (C=O) groups is 1. The third-order valence-electron chi connectivity index (χ3n) is 4.06. The Hall–Kier alpha value is -1.42. The van der Waals surface area contributed by atoms with Crippen LogP contribution in [-0.4, -0.2) is 48.4 Å². The van der Waals surface area contributed by atoms with Crippen LogP contribution in [0.2, 0.25) is 0 Å². The van der Waals surface area contributed by atoms with E-state index in [1.54, 1.807) is 12.1 Å². The second-order valence-electron chi connectivity index (χ2n) is 5.35. The standard InChI is InChI=1S/C14H17FN2O/c1-16-8-11-5-6-17(13(11)9-16)14(18)10-3-2-4-12(15)7-10/h2-4,7,11,13H,5-6,8-9H2,1H3/t11-,13+/m0/s1. The first-order valence-electron chi connectivity index (χ1n) is 6.40. The Bertz CT molecular complexity index is 477. The zero-order chi connectivity index (χ0) is 12.7. The van der Waals surface area contributed by atoms with Gasteiger partial charge in [-0.25, -0.2) is 4.39 Å². The highest BCUT2D eigenvalue weighted by Gasteiger charge is 2.42. The van der Waals surface area contributed by atoms with E-state index in [0.29, 0.717) is 17.5 Å². The lowest BCUT2D eigenvalue weighted by Crippen LogP contribution is -2.39. The Labute approximate surface area is 106 Å². The zero-order valence-electron chi connectivity index (χ0n) is 10.5. The molecule has 3 rings (SSSR count). The van der Waals surface area contributed by atoms with Gasteiger partial charge < -0.3 is 9.80 Å². The van der Waals surface area contributed by atoms with Gasteiger partial charge >= 0.3 is 0 Å². The van der Waals surface area contributed by atoms with Gasteiger partial charge in [0.1, 0.15) is 5.82 Å². The van der Waals surface area contributed by atoms with Crippen LogP contribution >= 0.6 is 0 Å². The second kappa shape index (κ2) is 4.35. The summed E-state index contributed by atoms with van der Waals surface area (Å²) in [6.45, 7) is 2.81. The average molecular weight is 248 g/mol. The Balaban J connectivity index is 1.81. The molecule has 2 heterocycles. The monoisotopic (exact) mass is 248 g/mol. The first-order valence-corrected chi connectivity index (χ1v) is 6.40. The number of hydrogen-bond acceptors (Lipinski definition) is 2. The van der Waals surface area contributed by atoms with Crippen LogP contribution in [0.5, 0.6) is 0 Å². The molecule has 1 amide bonds. The highest BCUT2D eigenvalue weighted by atomic mass is 19.1. The van der Waals surface area contributed by atoms with Crippen LogP contribution in [0.15, 0.2) is 24.3 Å². The molecule has 0 spiro atoms. The molecule has 2 saturated heterocycles. The number of hydrogen-bond donors (Lipinski definition) is 0. The van der Waals surface area contributed by atoms with Gasteiger partial charge in [-0.3, -0.25) is 4.79 Å². The van der Waals surface area contributed by atoms with Gasteiger partial charge in [0, 0.05) is 31.2 Å². The average Bonchev–Trinajstić information content (AvgIpc) is 2.87. The van der Waals surface area contributed by atoms with Crippen LogP contribution in [0.3, 0.4) is 0 Å². The van der Waals surface area contributed by atoms with Crippen molar-refractivity contribution in [3.8, 4) is 0 Å². The van der Waals surface area contributed by atoms with Gasteiger partial charge in [-0.2, -0.15) is 0 Å². The van der Waals surface area contributed by atoms with Crippen molar-refractivity contribution < 1.29 is 9.18 Å². The van der Waals surface area contributed by atoms with Gasteiger partial charge in [-0.1, -0.05) is 6.07 Å². The Morgan fingerprint density at radius 1 is 1.39 bits per heavy atom. The van der Waals surface area contributed by atoms with E-state index in [4.69, 9.17) is 0 Å². The van der Waals surface area contributed by atoms with Crippen molar-refractivity contribution in [2.24, 2.45) is 5.92 Å². The van der Waals surface area contributed by atoms with Gasteiger partial charge in [-0.05, 0) is 37.6 Å². The van der Waals surface area contributed by atoms with E-state index in [2.05, 4.69) is 11.9 Å². The maximum absolute atomic E-state index is 13.2. The van der Waals surface area contributed by atoms with Crippen LogP contribution in [0.4, 0.5) is 4.39 Å². The number of likely N-dealkylation sites (tertiary alicyclic amines) is 2. The summed E-state index contributed by atoms with van der Waals surface area (Å²) in [5.41, 5.74) is 0.463.